The lowest BCUT2D eigenvalue weighted by Crippen LogP contribution is -2.53. The highest BCUT2D eigenvalue weighted by molar-refractivity contribution is 7.86. The predicted molar refractivity (Wildman–Crippen MR) is 101 cm³/mol. The molecule has 1 N–H and O–H groups in total. The molecule has 1 fully saturated rings. The van der Waals surface area contributed by atoms with E-state index in [1.165, 1.54) is 22.7 Å². The van der Waals surface area contributed by atoms with Crippen LogP contribution in [0.15, 0.2) is 24.3 Å². The first-order valence-corrected chi connectivity index (χ1v) is 10.2. The van der Waals surface area contributed by atoms with Gasteiger partial charge in [-0.1, -0.05) is 12.1 Å². The first-order chi connectivity index (χ1) is 12.0. The van der Waals surface area contributed by atoms with Gasteiger partial charge in [-0.25, -0.2) is 0 Å². The zero-order valence-electron chi connectivity index (χ0n) is 16.0. The van der Waals surface area contributed by atoms with Crippen LogP contribution < -0.4 is 0 Å². The number of amides is 1. The molecule has 0 aromatic heterocycles. The Bertz CT molecular complexity index is 716. The van der Waals surface area contributed by atoms with Crippen LogP contribution in [0.4, 0.5) is 0 Å². The molecule has 26 heavy (non-hydrogen) atoms. The fourth-order valence-electron chi connectivity index (χ4n) is 2.80. The molecule has 0 bridgehead atoms. The van der Waals surface area contributed by atoms with Gasteiger partial charge in [0, 0.05) is 45.8 Å². The van der Waals surface area contributed by atoms with Gasteiger partial charge in [0.05, 0.1) is 5.60 Å². The summed E-state index contributed by atoms with van der Waals surface area (Å²) in [7, 11) is -0.417. The Morgan fingerprint density at radius 1 is 1.12 bits per heavy atom. The summed E-state index contributed by atoms with van der Waals surface area (Å²) in [5, 5.41) is 9.79. The minimum Gasteiger partial charge on any atom is -0.390 e. The number of piperazine rings is 1. The number of aliphatic hydroxyl groups is 1. The Morgan fingerprint density at radius 3 is 2.12 bits per heavy atom. The summed E-state index contributed by atoms with van der Waals surface area (Å²) in [4.78, 5) is 14.3. The van der Waals surface area contributed by atoms with Crippen LogP contribution in [0.2, 0.25) is 0 Å². The molecule has 1 aliphatic heterocycles. The van der Waals surface area contributed by atoms with Crippen LogP contribution >= 0.6 is 0 Å². The number of aryl methyl sites for hydroxylation is 1. The third-order valence-corrected chi connectivity index (χ3v) is 6.48. The van der Waals surface area contributed by atoms with Gasteiger partial charge in [-0.2, -0.15) is 17.0 Å². The molecule has 146 valence electrons. The second-order valence-electron chi connectivity index (χ2n) is 7.49. The van der Waals surface area contributed by atoms with Gasteiger partial charge in [0.1, 0.15) is 0 Å². The fraction of sp³-hybridized carbons (Fsp3) is 0.611. The van der Waals surface area contributed by atoms with E-state index in [4.69, 9.17) is 0 Å². The summed E-state index contributed by atoms with van der Waals surface area (Å²) < 4.78 is 26.9. The summed E-state index contributed by atoms with van der Waals surface area (Å²) >= 11 is 0. The predicted octanol–water partition coefficient (Wildman–Crippen LogP) is 0.954. The minimum atomic E-state index is -3.43. The Kier molecular flexibility index (Phi) is 6.44. The average Bonchev–Trinajstić information content (AvgIpc) is 2.59. The van der Waals surface area contributed by atoms with Gasteiger partial charge in [0.2, 0.25) is 0 Å². The quantitative estimate of drug-likeness (QED) is 0.793. The number of hydrogen-bond donors (Lipinski definition) is 1. The zero-order valence-corrected chi connectivity index (χ0v) is 16.8. The standard InChI is InChI=1S/C18H29N3O4S/c1-18(2,23)10-9-15-5-7-16(8-6-15)17(22)20-11-13-21(14-12-20)26(24,25)19(3)4/h5-8,23H,9-14H2,1-4H3. The third kappa shape index (κ3) is 5.26. The summed E-state index contributed by atoms with van der Waals surface area (Å²) in [6.07, 6.45) is 1.40. The molecule has 1 aromatic carbocycles. The second-order valence-corrected chi connectivity index (χ2v) is 9.63. The topological polar surface area (TPSA) is 81.2 Å². The lowest BCUT2D eigenvalue weighted by molar-refractivity contribution is 0.0691. The van der Waals surface area contributed by atoms with Crippen molar-refractivity contribution in [1.82, 2.24) is 13.5 Å². The molecule has 0 spiro atoms. The molecule has 0 unspecified atom stereocenters. The van der Waals surface area contributed by atoms with E-state index < -0.39 is 15.8 Å². The van der Waals surface area contributed by atoms with Crippen molar-refractivity contribution in [2.45, 2.75) is 32.3 Å². The molecule has 1 saturated heterocycles. The van der Waals surface area contributed by atoms with E-state index >= 15 is 0 Å². The van der Waals surface area contributed by atoms with Crippen LogP contribution in [0.5, 0.6) is 0 Å². The van der Waals surface area contributed by atoms with Crippen LogP contribution in [0.1, 0.15) is 36.2 Å². The van der Waals surface area contributed by atoms with E-state index in [0.29, 0.717) is 38.2 Å². The highest BCUT2D eigenvalue weighted by Gasteiger charge is 2.30. The fourth-order valence-corrected chi connectivity index (χ4v) is 3.89. The molecule has 1 aliphatic rings. The third-order valence-electron chi connectivity index (χ3n) is 4.54. The Balaban J connectivity index is 1.94. The second kappa shape index (κ2) is 8.04. The molecule has 0 saturated carbocycles. The zero-order chi connectivity index (χ0) is 19.5. The lowest BCUT2D eigenvalue weighted by atomic mass is 9.98. The summed E-state index contributed by atoms with van der Waals surface area (Å²) in [5.41, 5.74) is 0.965. The number of rotatable bonds is 6. The highest BCUT2D eigenvalue weighted by atomic mass is 32.2. The summed E-state index contributed by atoms with van der Waals surface area (Å²) in [5.74, 6) is -0.0825. The van der Waals surface area contributed by atoms with Gasteiger partial charge in [-0.15, -0.1) is 0 Å². The highest BCUT2D eigenvalue weighted by Crippen LogP contribution is 2.16. The van der Waals surface area contributed by atoms with Crippen molar-refractivity contribution in [3.63, 3.8) is 0 Å². The molecule has 0 atom stereocenters. The molecule has 0 aliphatic carbocycles. The van der Waals surface area contributed by atoms with Crippen molar-refractivity contribution in [1.29, 1.82) is 0 Å². The van der Waals surface area contributed by atoms with Crippen LogP contribution in [0.3, 0.4) is 0 Å². The van der Waals surface area contributed by atoms with Crippen LogP contribution in [-0.2, 0) is 16.6 Å². The first kappa shape index (κ1) is 20.8. The number of nitrogens with zero attached hydrogens (tertiary/aromatic N) is 3. The van der Waals surface area contributed by atoms with Crippen molar-refractivity contribution in [3.05, 3.63) is 35.4 Å². The van der Waals surface area contributed by atoms with Crippen LogP contribution in [-0.4, -0.2) is 78.8 Å². The van der Waals surface area contributed by atoms with Crippen LogP contribution in [0, 0.1) is 0 Å². The van der Waals surface area contributed by atoms with E-state index in [-0.39, 0.29) is 5.91 Å². The first-order valence-electron chi connectivity index (χ1n) is 8.79. The SMILES string of the molecule is CN(C)S(=O)(=O)N1CCN(C(=O)c2ccc(CCC(C)(C)O)cc2)CC1. The smallest absolute Gasteiger partial charge is 0.281 e. The number of carbonyl (C=O) groups excluding carboxylic acids is 1. The van der Waals surface area contributed by atoms with E-state index in [1.54, 1.807) is 30.9 Å². The van der Waals surface area contributed by atoms with Gasteiger partial charge in [0.15, 0.2) is 0 Å². The number of benzene rings is 1. The van der Waals surface area contributed by atoms with Gasteiger partial charge in [0.25, 0.3) is 16.1 Å². The molecule has 1 aromatic rings. The minimum absolute atomic E-state index is 0.0825. The van der Waals surface area contributed by atoms with Gasteiger partial charge < -0.3 is 10.0 Å². The van der Waals surface area contributed by atoms with Crippen molar-refractivity contribution < 1.29 is 18.3 Å². The molecule has 1 heterocycles. The molecule has 7 nitrogen and oxygen atoms in total. The Hall–Kier alpha value is -1.48. The van der Waals surface area contributed by atoms with Crippen molar-refractivity contribution in [2.75, 3.05) is 40.3 Å². The maximum absolute atomic E-state index is 12.6. The number of hydrogen-bond acceptors (Lipinski definition) is 4. The normalized spacial score (nSPS) is 16.9. The summed E-state index contributed by atoms with van der Waals surface area (Å²) in [6.45, 7) is 4.92. The van der Waals surface area contributed by atoms with Gasteiger partial charge in [-0.05, 0) is 44.4 Å². The molecule has 0 radical (unpaired) electrons. The van der Waals surface area contributed by atoms with Crippen molar-refractivity contribution >= 4 is 16.1 Å². The van der Waals surface area contributed by atoms with Crippen LogP contribution in [0.25, 0.3) is 0 Å². The lowest BCUT2D eigenvalue weighted by Gasteiger charge is -2.35. The largest absolute Gasteiger partial charge is 0.390 e. The van der Waals surface area contributed by atoms with Crippen molar-refractivity contribution in [2.24, 2.45) is 0 Å². The Labute approximate surface area is 156 Å². The maximum Gasteiger partial charge on any atom is 0.281 e. The molecule has 8 heteroatoms. The molecule has 1 amide bonds. The number of carbonyl (C=O) groups is 1. The van der Waals surface area contributed by atoms with Gasteiger partial charge in [-0.3, -0.25) is 4.79 Å². The maximum atomic E-state index is 12.6. The summed E-state index contributed by atoms with van der Waals surface area (Å²) in [6, 6.07) is 7.41. The van der Waals surface area contributed by atoms with E-state index in [2.05, 4.69) is 0 Å². The monoisotopic (exact) mass is 383 g/mol. The van der Waals surface area contributed by atoms with E-state index in [1.807, 2.05) is 12.1 Å². The van der Waals surface area contributed by atoms with Gasteiger partial charge >= 0.3 is 0 Å². The Morgan fingerprint density at radius 2 is 1.65 bits per heavy atom. The molecule has 2 rings (SSSR count). The average molecular weight is 384 g/mol. The molecular weight excluding hydrogens is 354 g/mol. The van der Waals surface area contributed by atoms with Crippen molar-refractivity contribution in [3.8, 4) is 0 Å². The van der Waals surface area contributed by atoms with E-state index in [9.17, 15) is 18.3 Å². The van der Waals surface area contributed by atoms with E-state index in [0.717, 1.165) is 12.0 Å². The molecular formula is C18H29N3O4S.